The fourth-order valence-corrected chi connectivity index (χ4v) is 2.65. The van der Waals surface area contributed by atoms with E-state index in [4.69, 9.17) is 18.7 Å². The summed E-state index contributed by atoms with van der Waals surface area (Å²) >= 11 is 0. The molecule has 0 saturated heterocycles. The van der Waals surface area contributed by atoms with Crippen LogP contribution in [0.5, 0.6) is 11.5 Å². The van der Waals surface area contributed by atoms with Crippen LogP contribution in [0.2, 0.25) is 0 Å². The molecule has 0 fully saturated rings. The van der Waals surface area contributed by atoms with Crippen LogP contribution in [0.25, 0.3) is 0 Å². The van der Waals surface area contributed by atoms with E-state index in [0.717, 1.165) is 11.1 Å². The molecule has 8 nitrogen and oxygen atoms in total. The highest BCUT2D eigenvalue weighted by Gasteiger charge is 2.22. The van der Waals surface area contributed by atoms with Gasteiger partial charge in [-0.25, -0.2) is 0 Å². The molecule has 0 N–H and O–H groups in total. The monoisotopic (exact) mass is 376 g/mol. The molecule has 0 aliphatic heterocycles. The van der Waals surface area contributed by atoms with Gasteiger partial charge in [-0.05, 0) is 31.5 Å². The van der Waals surface area contributed by atoms with E-state index in [9.17, 15) is 9.59 Å². The zero-order chi connectivity index (χ0) is 20.0. The van der Waals surface area contributed by atoms with E-state index in [2.05, 4.69) is 5.16 Å². The van der Waals surface area contributed by atoms with Crippen molar-refractivity contribution in [2.75, 3.05) is 27.9 Å². The highest BCUT2D eigenvalue weighted by molar-refractivity contribution is 5.83. The number of aromatic nitrogens is 1. The molecule has 27 heavy (non-hydrogen) atoms. The Morgan fingerprint density at radius 2 is 1.70 bits per heavy atom. The summed E-state index contributed by atoms with van der Waals surface area (Å²) in [6, 6.07) is 5.31. The Morgan fingerprint density at radius 1 is 1.07 bits per heavy atom. The second kappa shape index (κ2) is 9.07. The summed E-state index contributed by atoms with van der Waals surface area (Å²) in [5, 5.41) is 3.86. The van der Waals surface area contributed by atoms with Crippen LogP contribution in [0, 0.1) is 13.8 Å². The van der Waals surface area contributed by atoms with E-state index in [1.54, 1.807) is 46.3 Å². The second-order valence-corrected chi connectivity index (χ2v) is 6.03. The van der Waals surface area contributed by atoms with Crippen molar-refractivity contribution < 1.29 is 28.3 Å². The van der Waals surface area contributed by atoms with Crippen LogP contribution in [-0.2, 0) is 27.3 Å². The Morgan fingerprint density at radius 3 is 2.19 bits per heavy atom. The number of amides is 1. The molecule has 1 aromatic heterocycles. The van der Waals surface area contributed by atoms with Crippen molar-refractivity contribution in [1.82, 2.24) is 10.1 Å². The smallest absolute Gasteiger partial charge is 0.325 e. The predicted molar refractivity (Wildman–Crippen MR) is 96.7 cm³/mol. The van der Waals surface area contributed by atoms with Crippen molar-refractivity contribution >= 4 is 11.9 Å². The van der Waals surface area contributed by atoms with E-state index in [0.29, 0.717) is 23.0 Å². The Balaban J connectivity index is 2.26. The summed E-state index contributed by atoms with van der Waals surface area (Å²) in [7, 11) is 4.38. The molecule has 2 aromatic rings. The van der Waals surface area contributed by atoms with Crippen LogP contribution < -0.4 is 9.47 Å². The average Bonchev–Trinajstić information content (AvgIpc) is 2.98. The number of esters is 1. The molecule has 0 aliphatic rings. The minimum Gasteiger partial charge on any atom is -0.497 e. The first-order chi connectivity index (χ1) is 12.9. The molecule has 0 saturated carbocycles. The zero-order valence-electron chi connectivity index (χ0n) is 16.2. The maximum absolute atomic E-state index is 12.9. The largest absolute Gasteiger partial charge is 0.497 e. The molecular weight excluding hydrogens is 352 g/mol. The number of hydrogen-bond acceptors (Lipinski definition) is 7. The van der Waals surface area contributed by atoms with Gasteiger partial charge in [0.05, 0.1) is 33.4 Å². The average molecular weight is 376 g/mol. The Hall–Kier alpha value is -3.03. The molecule has 0 aliphatic carbocycles. The predicted octanol–water partition coefficient (Wildman–Crippen LogP) is 2.05. The Kier molecular flexibility index (Phi) is 6.81. The van der Waals surface area contributed by atoms with Gasteiger partial charge in [0.25, 0.3) is 0 Å². The number of methoxy groups -OCH3 is 3. The van der Waals surface area contributed by atoms with Crippen LogP contribution in [0.3, 0.4) is 0 Å². The lowest BCUT2D eigenvalue weighted by atomic mass is 10.1. The third kappa shape index (κ3) is 5.22. The molecule has 1 heterocycles. The first kappa shape index (κ1) is 20.3. The number of rotatable bonds is 8. The molecule has 0 radical (unpaired) electrons. The molecule has 1 aromatic carbocycles. The highest BCUT2D eigenvalue weighted by atomic mass is 16.5. The van der Waals surface area contributed by atoms with E-state index in [1.807, 2.05) is 0 Å². The van der Waals surface area contributed by atoms with Gasteiger partial charge in [-0.15, -0.1) is 0 Å². The van der Waals surface area contributed by atoms with Crippen LogP contribution in [0.4, 0.5) is 0 Å². The molecule has 146 valence electrons. The highest BCUT2D eigenvalue weighted by Crippen LogP contribution is 2.24. The lowest BCUT2D eigenvalue weighted by Crippen LogP contribution is -2.36. The van der Waals surface area contributed by atoms with E-state index in [-0.39, 0.29) is 25.4 Å². The summed E-state index contributed by atoms with van der Waals surface area (Å²) in [6.07, 6.45) is 0.0826. The first-order valence-electron chi connectivity index (χ1n) is 8.36. The number of hydrogen-bond donors (Lipinski definition) is 0. The third-order valence-corrected chi connectivity index (χ3v) is 4.19. The summed E-state index contributed by atoms with van der Waals surface area (Å²) in [6.45, 7) is 3.56. The maximum atomic E-state index is 12.9. The summed E-state index contributed by atoms with van der Waals surface area (Å²) in [5.41, 5.74) is 2.14. The number of aryl methyl sites for hydroxylation is 2. The molecular formula is C19H24N2O6. The fraction of sp³-hybridized carbons (Fsp3) is 0.421. The lowest BCUT2D eigenvalue weighted by molar-refractivity contribution is -0.147. The lowest BCUT2D eigenvalue weighted by Gasteiger charge is -2.22. The van der Waals surface area contributed by atoms with Gasteiger partial charge >= 0.3 is 5.97 Å². The van der Waals surface area contributed by atoms with Gasteiger partial charge in [0.15, 0.2) is 0 Å². The molecule has 1 amide bonds. The standard InChI is InChI=1S/C19H24N2O6/c1-12-17(13(2)27-20-12)9-18(22)21(11-19(23)26-5)10-14-6-15(24-3)8-16(7-14)25-4/h6-8H,9-11H2,1-5H3. The van der Waals surface area contributed by atoms with Crippen molar-refractivity contribution in [1.29, 1.82) is 0 Å². The van der Waals surface area contributed by atoms with E-state index < -0.39 is 5.97 Å². The van der Waals surface area contributed by atoms with Gasteiger partial charge in [-0.3, -0.25) is 9.59 Å². The zero-order valence-corrected chi connectivity index (χ0v) is 16.2. The number of benzene rings is 1. The Bertz CT molecular complexity index is 773. The van der Waals surface area contributed by atoms with Crippen LogP contribution in [0.1, 0.15) is 22.6 Å². The maximum Gasteiger partial charge on any atom is 0.325 e. The van der Waals surface area contributed by atoms with Crippen LogP contribution in [-0.4, -0.2) is 49.8 Å². The number of nitrogens with zero attached hydrogens (tertiary/aromatic N) is 2. The van der Waals surface area contributed by atoms with Crippen LogP contribution in [0.15, 0.2) is 22.7 Å². The topological polar surface area (TPSA) is 91.1 Å². The quantitative estimate of drug-likeness (QED) is 0.651. The van der Waals surface area contributed by atoms with E-state index in [1.165, 1.54) is 12.0 Å². The van der Waals surface area contributed by atoms with Gasteiger partial charge in [-0.2, -0.15) is 0 Å². The van der Waals surface area contributed by atoms with Crippen LogP contribution >= 0.6 is 0 Å². The van der Waals surface area contributed by atoms with Crippen molar-refractivity contribution in [3.63, 3.8) is 0 Å². The van der Waals surface area contributed by atoms with Crippen molar-refractivity contribution in [3.05, 3.63) is 40.8 Å². The van der Waals surface area contributed by atoms with Crippen molar-refractivity contribution in [2.45, 2.75) is 26.8 Å². The SMILES string of the molecule is COC(=O)CN(Cc1cc(OC)cc(OC)c1)C(=O)Cc1c(C)noc1C. The molecule has 0 unspecified atom stereocenters. The van der Waals surface area contributed by atoms with Gasteiger partial charge in [-0.1, -0.05) is 5.16 Å². The third-order valence-electron chi connectivity index (χ3n) is 4.19. The van der Waals surface area contributed by atoms with Gasteiger partial charge in [0, 0.05) is 18.2 Å². The molecule has 8 heteroatoms. The Labute approximate surface area is 158 Å². The molecule has 0 atom stereocenters. The molecule has 0 bridgehead atoms. The fourth-order valence-electron chi connectivity index (χ4n) is 2.65. The normalized spacial score (nSPS) is 10.4. The number of carbonyl (C=O) groups excluding carboxylic acids is 2. The van der Waals surface area contributed by atoms with E-state index >= 15 is 0 Å². The summed E-state index contributed by atoms with van der Waals surface area (Å²) in [4.78, 5) is 26.1. The second-order valence-electron chi connectivity index (χ2n) is 6.03. The van der Waals surface area contributed by atoms with Crippen molar-refractivity contribution in [3.8, 4) is 11.5 Å². The van der Waals surface area contributed by atoms with Gasteiger partial charge < -0.3 is 23.6 Å². The molecule has 2 rings (SSSR count). The first-order valence-corrected chi connectivity index (χ1v) is 8.36. The number of carbonyl (C=O) groups is 2. The number of ether oxygens (including phenoxy) is 3. The van der Waals surface area contributed by atoms with Crippen molar-refractivity contribution in [2.24, 2.45) is 0 Å². The summed E-state index contributed by atoms with van der Waals surface area (Å²) < 4.78 is 20.4. The minimum absolute atomic E-state index is 0.0826. The minimum atomic E-state index is -0.503. The van der Waals surface area contributed by atoms with Gasteiger partial charge in [0.1, 0.15) is 23.8 Å². The van der Waals surface area contributed by atoms with Gasteiger partial charge in [0.2, 0.25) is 5.91 Å². The molecule has 0 spiro atoms. The summed E-state index contributed by atoms with van der Waals surface area (Å²) in [5.74, 6) is 1.04.